The SMILES string of the molecule is CCOc1cc(/C=N/O)ccc1OCc1ccc(OC)nc1. The Bertz CT molecular complexity index is 627. The second-order valence-corrected chi connectivity index (χ2v) is 4.38. The van der Waals surface area contributed by atoms with Crippen molar-refractivity contribution >= 4 is 6.21 Å². The first-order valence-electron chi connectivity index (χ1n) is 6.82. The molecule has 0 radical (unpaired) electrons. The Morgan fingerprint density at radius 3 is 2.68 bits per heavy atom. The molecule has 1 N–H and O–H groups in total. The summed E-state index contributed by atoms with van der Waals surface area (Å²) in [5, 5.41) is 11.6. The molecule has 0 saturated heterocycles. The van der Waals surface area contributed by atoms with E-state index in [0.29, 0.717) is 30.6 Å². The van der Waals surface area contributed by atoms with Gasteiger partial charge in [0.2, 0.25) is 5.88 Å². The molecule has 2 rings (SSSR count). The number of aromatic nitrogens is 1. The topological polar surface area (TPSA) is 73.2 Å². The number of pyridine rings is 1. The van der Waals surface area contributed by atoms with Crippen molar-refractivity contribution in [3.05, 3.63) is 47.7 Å². The van der Waals surface area contributed by atoms with E-state index in [2.05, 4.69) is 10.1 Å². The number of hydrogen-bond donors (Lipinski definition) is 1. The lowest BCUT2D eigenvalue weighted by molar-refractivity contribution is 0.268. The maximum absolute atomic E-state index is 8.58. The number of methoxy groups -OCH3 is 1. The van der Waals surface area contributed by atoms with E-state index in [1.54, 1.807) is 37.6 Å². The number of nitrogens with zero attached hydrogens (tertiary/aromatic N) is 2. The van der Waals surface area contributed by atoms with Gasteiger partial charge in [-0.25, -0.2) is 4.98 Å². The fourth-order valence-electron chi connectivity index (χ4n) is 1.84. The van der Waals surface area contributed by atoms with Crippen molar-refractivity contribution < 1.29 is 19.4 Å². The smallest absolute Gasteiger partial charge is 0.212 e. The third kappa shape index (κ3) is 4.12. The van der Waals surface area contributed by atoms with Gasteiger partial charge < -0.3 is 19.4 Å². The fourth-order valence-corrected chi connectivity index (χ4v) is 1.84. The lowest BCUT2D eigenvalue weighted by atomic mass is 10.2. The summed E-state index contributed by atoms with van der Waals surface area (Å²) in [7, 11) is 1.57. The van der Waals surface area contributed by atoms with Crippen molar-refractivity contribution in [2.24, 2.45) is 5.16 Å². The van der Waals surface area contributed by atoms with Crippen molar-refractivity contribution in [2.45, 2.75) is 13.5 Å². The van der Waals surface area contributed by atoms with Gasteiger partial charge in [0.05, 0.1) is 19.9 Å². The average Bonchev–Trinajstić information content (AvgIpc) is 2.55. The predicted octanol–water partition coefficient (Wildman–Crippen LogP) is 2.88. The second kappa shape index (κ2) is 7.87. The molecular weight excluding hydrogens is 284 g/mol. The maximum Gasteiger partial charge on any atom is 0.212 e. The molecule has 6 nitrogen and oxygen atoms in total. The molecule has 1 aromatic carbocycles. The molecule has 1 aromatic heterocycles. The highest BCUT2D eigenvalue weighted by Crippen LogP contribution is 2.28. The Morgan fingerprint density at radius 2 is 2.05 bits per heavy atom. The highest BCUT2D eigenvalue weighted by atomic mass is 16.5. The number of hydrogen-bond acceptors (Lipinski definition) is 6. The van der Waals surface area contributed by atoms with Crippen LogP contribution in [0.4, 0.5) is 0 Å². The van der Waals surface area contributed by atoms with Crippen LogP contribution in [0.5, 0.6) is 17.4 Å². The van der Waals surface area contributed by atoms with Gasteiger partial charge in [-0.15, -0.1) is 0 Å². The molecule has 0 amide bonds. The van der Waals surface area contributed by atoms with E-state index in [0.717, 1.165) is 11.1 Å². The lowest BCUT2D eigenvalue weighted by Gasteiger charge is -2.12. The molecule has 0 aliphatic heterocycles. The summed E-state index contributed by atoms with van der Waals surface area (Å²) in [6, 6.07) is 8.98. The summed E-state index contributed by atoms with van der Waals surface area (Å²) in [5.41, 5.74) is 1.65. The Kier molecular flexibility index (Phi) is 5.59. The summed E-state index contributed by atoms with van der Waals surface area (Å²) in [6.45, 7) is 2.77. The molecule has 0 fully saturated rings. The molecule has 0 bridgehead atoms. The average molecular weight is 302 g/mol. The van der Waals surface area contributed by atoms with Crippen LogP contribution in [-0.2, 0) is 6.61 Å². The van der Waals surface area contributed by atoms with Crippen LogP contribution in [0.3, 0.4) is 0 Å². The molecule has 6 heteroatoms. The Balaban J connectivity index is 2.10. The van der Waals surface area contributed by atoms with E-state index in [4.69, 9.17) is 19.4 Å². The van der Waals surface area contributed by atoms with Crippen LogP contribution in [0.25, 0.3) is 0 Å². The largest absolute Gasteiger partial charge is 0.490 e. The van der Waals surface area contributed by atoms with Gasteiger partial charge in [0, 0.05) is 23.4 Å². The quantitative estimate of drug-likeness (QED) is 0.483. The minimum absolute atomic E-state index is 0.366. The van der Waals surface area contributed by atoms with Crippen LogP contribution in [0.15, 0.2) is 41.7 Å². The predicted molar refractivity (Wildman–Crippen MR) is 82.1 cm³/mol. The van der Waals surface area contributed by atoms with Crippen LogP contribution >= 0.6 is 0 Å². The van der Waals surface area contributed by atoms with E-state index in [1.165, 1.54) is 6.21 Å². The Labute approximate surface area is 129 Å². The Morgan fingerprint density at radius 1 is 1.18 bits per heavy atom. The normalized spacial score (nSPS) is 10.6. The van der Waals surface area contributed by atoms with Crippen LogP contribution < -0.4 is 14.2 Å². The molecule has 0 atom stereocenters. The van der Waals surface area contributed by atoms with Gasteiger partial charge in [0.15, 0.2) is 11.5 Å². The molecule has 22 heavy (non-hydrogen) atoms. The highest BCUT2D eigenvalue weighted by Gasteiger charge is 2.07. The lowest BCUT2D eigenvalue weighted by Crippen LogP contribution is -2.01. The maximum atomic E-state index is 8.58. The number of ether oxygens (including phenoxy) is 3. The standard InChI is InChI=1S/C16H18N2O4/c1-3-21-15-8-12(10-18-19)4-6-14(15)22-11-13-5-7-16(20-2)17-9-13/h4-10,19H,3,11H2,1-2H3/b18-10+. The summed E-state index contributed by atoms with van der Waals surface area (Å²) < 4.78 is 16.3. The molecule has 0 aliphatic rings. The molecule has 2 aromatic rings. The number of oxime groups is 1. The first-order chi connectivity index (χ1) is 10.8. The zero-order valence-corrected chi connectivity index (χ0v) is 12.5. The van der Waals surface area contributed by atoms with Gasteiger partial charge in [-0.2, -0.15) is 0 Å². The zero-order chi connectivity index (χ0) is 15.8. The number of rotatable bonds is 7. The minimum atomic E-state index is 0.366. The first-order valence-corrected chi connectivity index (χ1v) is 6.82. The summed E-state index contributed by atoms with van der Waals surface area (Å²) in [4.78, 5) is 4.13. The minimum Gasteiger partial charge on any atom is -0.490 e. The van der Waals surface area contributed by atoms with Crippen molar-refractivity contribution in [1.29, 1.82) is 0 Å². The highest BCUT2D eigenvalue weighted by molar-refractivity contribution is 5.80. The van der Waals surface area contributed by atoms with E-state index >= 15 is 0 Å². The molecular formula is C16H18N2O4. The van der Waals surface area contributed by atoms with Crippen LogP contribution in [-0.4, -0.2) is 30.1 Å². The fraction of sp³-hybridized carbons (Fsp3) is 0.250. The summed E-state index contributed by atoms with van der Waals surface area (Å²) in [5.74, 6) is 1.78. The van der Waals surface area contributed by atoms with Gasteiger partial charge in [-0.05, 0) is 31.2 Å². The van der Waals surface area contributed by atoms with Crippen molar-refractivity contribution in [2.75, 3.05) is 13.7 Å². The van der Waals surface area contributed by atoms with E-state index in [1.807, 2.05) is 13.0 Å². The summed E-state index contributed by atoms with van der Waals surface area (Å²) >= 11 is 0. The van der Waals surface area contributed by atoms with Gasteiger partial charge in [-0.3, -0.25) is 0 Å². The monoisotopic (exact) mass is 302 g/mol. The molecule has 116 valence electrons. The zero-order valence-electron chi connectivity index (χ0n) is 12.5. The van der Waals surface area contributed by atoms with Crippen LogP contribution in [0, 0.1) is 0 Å². The van der Waals surface area contributed by atoms with E-state index in [9.17, 15) is 0 Å². The first kappa shape index (κ1) is 15.6. The third-order valence-corrected chi connectivity index (χ3v) is 2.88. The Hall–Kier alpha value is -2.76. The van der Waals surface area contributed by atoms with E-state index < -0.39 is 0 Å². The van der Waals surface area contributed by atoms with E-state index in [-0.39, 0.29) is 0 Å². The second-order valence-electron chi connectivity index (χ2n) is 4.38. The van der Waals surface area contributed by atoms with Crippen LogP contribution in [0.1, 0.15) is 18.1 Å². The van der Waals surface area contributed by atoms with Gasteiger partial charge in [0.1, 0.15) is 6.61 Å². The molecule has 0 unspecified atom stereocenters. The number of benzene rings is 1. The van der Waals surface area contributed by atoms with Gasteiger partial charge >= 0.3 is 0 Å². The molecule has 1 heterocycles. The molecule has 0 spiro atoms. The molecule has 0 aliphatic carbocycles. The summed E-state index contributed by atoms with van der Waals surface area (Å²) in [6.07, 6.45) is 3.03. The van der Waals surface area contributed by atoms with Gasteiger partial charge in [0.25, 0.3) is 0 Å². The third-order valence-electron chi connectivity index (χ3n) is 2.88. The van der Waals surface area contributed by atoms with Crippen molar-refractivity contribution in [1.82, 2.24) is 4.98 Å². The van der Waals surface area contributed by atoms with Crippen molar-refractivity contribution in [3.63, 3.8) is 0 Å². The van der Waals surface area contributed by atoms with Gasteiger partial charge in [-0.1, -0.05) is 5.16 Å². The van der Waals surface area contributed by atoms with Crippen molar-refractivity contribution in [3.8, 4) is 17.4 Å². The molecule has 0 saturated carbocycles. The van der Waals surface area contributed by atoms with Crippen LogP contribution in [0.2, 0.25) is 0 Å².